The van der Waals surface area contributed by atoms with Crippen LogP contribution < -0.4 is 16.4 Å². The SMILES string of the molecule is CCCCCCCCCC(=O)CCC(=O)N[C@H](C(=O)C[C@@H](C)C(=O)N[C@@H](CCCCN)C(=O)C[C@@H](C)B1O[C@@H]2C[C@@H]3C[C@@H](C3(C)C)[C@]2(C)O1)[C@@H](C)O. The molecule has 11 nitrogen and oxygen atoms in total. The molecule has 1 heterocycles. The largest absolute Gasteiger partial charge is 0.461 e. The summed E-state index contributed by atoms with van der Waals surface area (Å²) in [7, 11) is -0.498. The highest BCUT2D eigenvalue weighted by atomic mass is 16.7. The summed E-state index contributed by atoms with van der Waals surface area (Å²) in [5.41, 5.74) is 5.56. The predicted octanol–water partition coefficient (Wildman–Crippen LogP) is 5.63. The zero-order valence-corrected chi connectivity index (χ0v) is 33.3. The second-order valence-electron chi connectivity index (χ2n) is 17.1. The average molecular weight is 732 g/mol. The quantitative estimate of drug-likeness (QED) is 0.0650. The zero-order chi connectivity index (χ0) is 38.6. The van der Waals surface area contributed by atoms with Crippen molar-refractivity contribution in [2.75, 3.05) is 6.54 Å². The van der Waals surface area contributed by atoms with E-state index < -0.39 is 48.8 Å². The summed E-state index contributed by atoms with van der Waals surface area (Å²) in [6.45, 7) is 14.4. The van der Waals surface area contributed by atoms with E-state index in [2.05, 4.69) is 38.3 Å². The average Bonchev–Trinajstić information content (AvgIpc) is 3.46. The summed E-state index contributed by atoms with van der Waals surface area (Å²) in [6.07, 6.45) is 10.8. The number of nitrogens with one attached hydrogen (secondary N) is 2. The summed E-state index contributed by atoms with van der Waals surface area (Å²) in [4.78, 5) is 65.3. The highest BCUT2D eigenvalue weighted by molar-refractivity contribution is 6.47. The first-order valence-corrected chi connectivity index (χ1v) is 20.4. The van der Waals surface area contributed by atoms with Crippen molar-refractivity contribution in [2.24, 2.45) is 28.9 Å². The molecule has 4 aliphatic rings. The van der Waals surface area contributed by atoms with Gasteiger partial charge >= 0.3 is 7.12 Å². The van der Waals surface area contributed by atoms with Gasteiger partial charge in [0.2, 0.25) is 11.8 Å². The molecule has 5 N–H and O–H groups in total. The second-order valence-corrected chi connectivity index (χ2v) is 17.1. The molecule has 2 amide bonds. The Hall–Kier alpha value is -2.15. The van der Waals surface area contributed by atoms with Crippen LogP contribution in [0.2, 0.25) is 5.82 Å². The lowest BCUT2D eigenvalue weighted by Crippen LogP contribution is -2.65. The second kappa shape index (κ2) is 20.5. The predicted molar refractivity (Wildman–Crippen MR) is 203 cm³/mol. The summed E-state index contributed by atoms with van der Waals surface area (Å²) < 4.78 is 13.0. The van der Waals surface area contributed by atoms with Gasteiger partial charge in [0.05, 0.1) is 23.9 Å². The number of unbranched alkanes of at least 4 members (excludes halogenated alkanes) is 7. The van der Waals surface area contributed by atoms with Gasteiger partial charge in [-0.05, 0) is 82.0 Å². The lowest BCUT2D eigenvalue weighted by atomic mass is 9.43. The maximum Gasteiger partial charge on any atom is 0.461 e. The summed E-state index contributed by atoms with van der Waals surface area (Å²) in [6, 6.07) is -1.96. The van der Waals surface area contributed by atoms with Gasteiger partial charge in [-0.15, -0.1) is 0 Å². The van der Waals surface area contributed by atoms with Crippen molar-refractivity contribution < 1.29 is 38.4 Å². The van der Waals surface area contributed by atoms with Gasteiger partial charge in [0.1, 0.15) is 11.8 Å². The van der Waals surface area contributed by atoms with E-state index >= 15 is 0 Å². The summed E-state index contributed by atoms with van der Waals surface area (Å²) >= 11 is 0. The number of hydrogen-bond donors (Lipinski definition) is 4. The Kier molecular flexibility index (Phi) is 17.5. The number of rotatable bonds is 26. The number of aliphatic hydroxyl groups is 1. The van der Waals surface area contributed by atoms with Crippen LogP contribution in [0.3, 0.4) is 0 Å². The van der Waals surface area contributed by atoms with Crippen LogP contribution in [0.25, 0.3) is 0 Å². The Bertz CT molecular complexity index is 1210. The molecule has 12 heteroatoms. The van der Waals surface area contributed by atoms with E-state index in [-0.39, 0.29) is 60.2 Å². The topological polar surface area (TPSA) is 174 Å². The molecule has 4 fully saturated rings. The number of nitrogens with two attached hydrogens (primary N) is 1. The molecule has 0 aromatic heterocycles. The number of carbonyl (C=O) groups is 5. The van der Waals surface area contributed by atoms with E-state index in [0.717, 1.165) is 32.1 Å². The Morgan fingerprint density at radius 3 is 2.15 bits per heavy atom. The smallest absolute Gasteiger partial charge is 0.405 e. The molecule has 9 atom stereocenters. The van der Waals surface area contributed by atoms with Crippen molar-refractivity contribution >= 4 is 36.3 Å². The molecule has 0 radical (unpaired) electrons. The van der Waals surface area contributed by atoms with Gasteiger partial charge in [-0.2, -0.15) is 0 Å². The van der Waals surface area contributed by atoms with Crippen LogP contribution in [0, 0.1) is 23.2 Å². The van der Waals surface area contributed by atoms with Gasteiger partial charge < -0.3 is 30.8 Å². The van der Waals surface area contributed by atoms with Crippen LogP contribution in [0.4, 0.5) is 0 Å². The normalized spacial score (nSPS) is 25.9. The van der Waals surface area contributed by atoms with Crippen molar-refractivity contribution in [2.45, 2.75) is 193 Å². The van der Waals surface area contributed by atoms with Gasteiger partial charge in [-0.3, -0.25) is 24.0 Å². The molecule has 1 aliphatic heterocycles. The fourth-order valence-electron chi connectivity index (χ4n) is 8.72. The lowest BCUT2D eigenvalue weighted by molar-refractivity contribution is -0.199. The number of aliphatic hydroxyl groups excluding tert-OH is 1. The van der Waals surface area contributed by atoms with Crippen molar-refractivity contribution in [1.82, 2.24) is 10.6 Å². The van der Waals surface area contributed by atoms with Crippen LogP contribution in [0.15, 0.2) is 0 Å². The first kappa shape index (κ1) is 44.3. The molecule has 52 heavy (non-hydrogen) atoms. The maximum absolute atomic E-state index is 13.7. The van der Waals surface area contributed by atoms with Crippen LogP contribution in [-0.4, -0.2) is 77.8 Å². The molecule has 296 valence electrons. The van der Waals surface area contributed by atoms with Crippen molar-refractivity contribution in [1.29, 1.82) is 0 Å². The fraction of sp³-hybridized carbons (Fsp3) is 0.875. The standard InChI is InChI=1S/C40H70BN3O8/c1-8-9-10-11-12-13-14-17-30(46)19-20-36(49)44-37(28(4)45)33(48)22-26(2)38(50)43-31(18-15-16-21-42)32(47)23-27(3)41-51-35-25-29-24-34(39(29,5)6)40(35,7)52-41/h26-29,31,34-35,37,45H,8-25,42H2,1-7H3,(H,43,50)(H,44,49)/t26-,27-,28-,29+,31+,34+,35-,37+,40+/m1/s1. The lowest BCUT2D eigenvalue weighted by Gasteiger charge is -2.64. The van der Waals surface area contributed by atoms with Crippen molar-refractivity contribution in [3.63, 3.8) is 0 Å². The minimum atomic E-state index is -1.21. The van der Waals surface area contributed by atoms with Crippen molar-refractivity contribution in [3.05, 3.63) is 0 Å². The molecule has 0 spiro atoms. The third-order valence-corrected chi connectivity index (χ3v) is 12.4. The Morgan fingerprint density at radius 2 is 1.52 bits per heavy atom. The monoisotopic (exact) mass is 732 g/mol. The van der Waals surface area contributed by atoms with E-state index in [4.69, 9.17) is 15.0 Å². The van der Waals surface area contributed by atoms with Crippen LogP contribution >= 0.6 is 0 Å². The molecule has 3 saturated carbocycles. The van der Waals surface area contributed by atoms with Gasteiger partial charge in [0.15, 0.2) is 11.6 Å². The number of carbonyl (C=O) groups excluding carboxylic acids is 5. The third-order valence-electron chi connectivity index (χ3n) is 12.4. The molecule has 2 bridgehead atoms. The van der Waals surface area contributed by atoms with Crippen LogP contribution in [0.5, 0.6) is 0 Å². The minimum Gasteiger partial charge on any atom is -0.405 e. The van der Waals surface area contributed by atoms with Gasteiger partial charge in [-0.25, -0.2) is 0 Å². The van der Waals surface area contributed by atoms with Crippen LogP contribution in [-0.2, 0) is 33.3 Å². The Balaban J connectivity index is 1.48. The van der Waals surface area contributed by atoms with E-state index in [1.807, 2.05) is 6.92 Å². The van der Waals surface area contributed by atoms with Crippen molar-refractivity contribution in [3.8, 4) is 0 Å². The highest BCUT2D eigenvalue weighted by Gasteiger charge is 2.68. The molecular weight excluding hydrogens is 661 g/mol. The minimum absolute atomic E-state index is 0.00917. The molecule has 1 saturated heterocycles. The van der Waals surface area contributed by atoms with Gasteiger partial charge in [-0.1, -0.05) is 73.1 Å². The summed E-state index contributed by atoms with van der Waals surface area (Å²) in [5.74, 6) is -1.53. The first-order valence-electron chi connectivity index (χ1n) is 20.4. The van der Waals surface area contributed by atoms with Gasteiger partial charge in [0.25, 0.3) is 0 Å². The van der Waals surface area contributed by atoms with Crippen LogP contribution in [0.1, 0.15) is 158 Å². The molecule has 4 rings (SSSR count). The van der Waals surface area contributed by atoms with E-state index in [1.165, 1.54) is 32.6 Å². The fourth-order valence-corrected chi connectivity index (χ4v) is 8.72. The number of ketones is 3. The van der Waals surface area contributed by atoms with E-state index in [0.29, 0.717) is 44.1 Å². The molecule has 0 aromatic carbocycles. The molecule has 0 aromatic rings. The number of Topliss-reactive ketones (excluding diaryl/α,β-unsaturated/α-hetero) is 3. The molecular formula is C40H70BN3O8. The highest BCUT2D eigenvalue weighted by Crippen LogP contribution is 2.66. The van der Waals surface area contributed by atoms with E-state index in [9.17, 15) is 29.1 Å². The third kappa shape index (κ3) is 11.9. The Labute approximate surface area is 313 Å². The van der Waals surface area contributed by atoms with E-state index in [1.54, 1.807) is 6.92 Å². The first-order chi connectivity index (χ1) is 24.5. The zero-order valence-electron chi connectivity index (χ0n) is 33.3. The number of amides is 2. The Morgan fingerprint density at radius 1 is 0.846 bits per heavy atom. The summed E-state index contributed by atoms with van der Waals surface area (Å²) in [5, 5.41) is 15.8. The maximum atomic E-state index is 13.7. The molecule has 3 aliphatic carbocycles. The molecule has 0 unspecified atom stereocenters. The van der Waals surface area contributed by atoms with Gasteiger partial charge in [0, 0.05) is 38.0 Å². The number of hydrogen-bond acceptors (Lipinski definition) is 9.